The molecule has 560 valence electrons. The molecule has 120 heavy (non-hydrogen) atoms. The summed E-state index contributed by atoms with van der Waals surface area (Å²) in [5, 5.41) is 15.2. The molecule has 0 amide bonds. The maximum Gasteiger partial charge on any atom is 0.165 e. The smallest absolute Gasteiger partial charge is 0.165 e. The van der Waals surface area contributed by atoms with Gasteiger partial charge in [-0.15, -0.1) is 45.3 Å². The quantitative estimate of drug-likeness (QED) is 0.128. The van der Waals surface area contributed by atoms with E-state index in [1.165, 1.54) is 115 Å². The van der Waals surface area contributed by atoms with E-state index in [0.717, 1.165) is 87.5 Å². The largest absolute Gasteiger partial charge is 0.309 e. The van der Waals surface area contributed by atoms with Crippen molar-refractivity contribution in [2.24, 2.45) is 0 Å². The van der Waals surface area contributed by atoms with Crippen LogP contribution in [-0.4, -0.2) is 39.0 Å². The molecule has 0 saturated carbocycles. The first kappa shape index (κ1) is 69.5. The van der Waals surface area contributed by atoms with Gasteiger partial charge in [0.25, 0.3) is 0 Å². The molecule has 0 radical (unpaired) electrons. The molecule has 17 aromatic carbocycles. The first-order valence-electron chi connectivity index (χ1n) is 40.1. The van der Waals surface area contributed by atoms with Crippen LogP contribution in [0.5, 0.6) is 0 Å². The van der Waals surface area contributed by atoms with Crippen LogP contribution in [0.15, 0.2) is 388 Å². The maximum atomic E-state index is 5.25. The standard InChI is InChI=1S/C57H34N4S2.C51H30N4S2/c1-4-16-35(17-5-1)55-58-56(36-18-6-2-7-19-36)60-57(59-55)47-33-38(32-46-43-25-13-15-27-51(43)62-53(46)47)41-23-11-10-22-40(41)37-28-29-45-49(34-37)61(39-20-8-3-9-21-39)48-31-30-44-42-24-12-14-26-50(42)63-54(44)52(45)48;1-3-15-31(16-4-1)49-52-50(32-17-5-2-6-18-32)54-51(53-49)40-30-33(29-39-36-21-10-14-26-45(36)56-47(39)40)34-19-7-11-23-41(34)55-42-24-12-8-22-38(42)46-43(55)28-27-37-35-20-9-13-25-44(35)57-48(37)46/h1-34H;1-30H. The third kappa shape index (κ3) is 11.6. The molecule has 0 bridgehead atoms. The Kier molecular flexibility index (Phi) is 16.5. The Hall–Kier alpha value is -14.8. The average molecular weight is 1600 g/mol. The first-order chi connectivity index (χ1) is 59.5. The zero-order valence-electron chi connectivity index (χ0n) is 64.2. The van der Waals surface area contributed by atoms with Crippen LogP contribution in [0.25, 0.3) is 237 Å². The second kappa shape index (κ2) is 28.6. The van der Waals surface area contributed by atoms with Gasteiger partial charge in [-0.05, 0) is 119 Å². The van der Waals surface area contributed by atoms with Gasteiger partial charge in [0, 0.05) is 147 Å². The molecule has 0 atom stereocenters. The molecule has 12 heteroatoms. The summed E-state index contributed by atoms with van der Waals surface area (Å²) in [6.07, 6.45) is 0. The number of rotatable bonds is 11. The molecule has 25 aromatic rings. The van der Waals surface area contributed by atoms with Gasteiger partial charge in [-0.25, -0.2) is 29.9 Å². The number of hydrogen-bond donors (Lipinski definition) is 0. The predicted molar refractivity (Wildman–Crippen MR) is 509 cm³/mol. The second-order valence-corrected chi connectivity index (χ2v) is 34.5. The summed E-state index contributed by atoms with van der Waals surface area (Å²) in [6, 6.07) is 139. The van der Waals surface area contributed by atoms with Crippen LogP contribution in [-0.2, 0) is 0 Å². The van der Waals surface area contributed by atoms with Gasteiger partial charge in [0.2, 0.25) is 0 Å². The highest BCUT2D eigenvalue weighted by Crippen LogP contribution is 2.51. The number of hydrogen-bond acceptors (Lipinski definition) is 10. The van der Waals surface area contributed by atoms with E-state index in [0.29, 0.717) is 34.9 Å². The highest BCUT2D eigenvalue weighted by atomic mass is 32.1. The van der Waals surface area contributed by atoms with E-state index in [1.54, 1.807) is 22.7 Å². The van der Waals surface area contributed by atoms with Crippen molar-refractivity contribution >= 4 is 170 Å². The lowest BCUT2D eigenvalue weighted by atomic mass is 9.92. The Morgan fingerprint density at radius 1 is 0.175 bits per heavy atom. The summed E-state index contributed by atoms with van der Waals surface area (Å²) in [4.78, 5) is 31.0. The Bertz CT molecular complexity index is 8300. The minimum absolute atomic E-state index is 0.648. The van der Waals surface area contributed by atoms with Crippen molar-refractivity contribution in [2.45, 2.75) is 0 Å². The topological polar surface area (TPSA) is 87.2 Å². The minimum Gasteiger partial charge on any atom is -0.309 e. The third-order valence-corrected chi connectivity index (χ3v) is 28.2. The molecule has 8 nitrogen and oxygen atoms in total. The third-order valence-electron chi connectivity index (χ3n) is 23.3. The van der Waals surface area contributed by atoms with Crippen LogP contribution in [0.3, 0.4) is 0 Å². The molecule has 0 aliphatic carbocycles. The zero-order valence-corrected chi connectivity index (χ0v) is 67.4. The first-order valence-corrected chi connectivity index (χ1v) is 43.4. The molecule has 0 fully saturated rings. The monoisotopic (exact) mass is 1600 g/mol. The molecule has 0 aliphatic heterocycles. The molecular formula is C108H64N8S4. The summed E-state index contributed by atoms with van der Waals surface area (Å²) < 4.78 is 15.0. The fraction of sp³-hybridized carbons (Fsp3) is 0. The van der Waals surface area contributed by atoms with E-state index in [1.807, 2.05) is 95.5 Å². The highest BCUT2D eigenvalue weighted by molar-refractivity contribution is 7.28. The van der Waals surface area contributed by atoms with Crippen molar-refractivity contribution < 1.29 is 0 Å². The lowest BCUT2D eigenvalue weighted by Gasteiger charge is -2.16. The fourth-order valence-electron chi connectivity index (χ4n) is 17.9. The summed E-state index contributed by atoms with van der Waals surface area (Å²) >= 11 is 7.36. The van der Waals surface area contributed by atoms with Gasteiger partial charge in [0.1, 0.15) is 0 Å². The average Bonchev–Trinajstić information content (AvgIpc) is 1.56. The van der Waals surface area contributed by atoms with Gasteiger partial charge in [0.15, 0.2) is 34.9 Å². The van der Waals surface area contributed by atoms with Gasteiger partial charge < -0.3 is 9.13 Å². The summed E-state index contributed by atoms with van der Waals surface area (Å²) in [5.41, 5.74) is 19.6. The fourth-order valence-corrected chi connectivity index (χ4v) is 22.8. The Labute approximate surface area is 704 Å². The number of aromatic nitrogens is 8. The number of nitrogens with zero attached hydrogens (tertiary/aromatic N) is 8. The molecular weight excluding hydrogens is 1540 g/mol. The summed E-state index contributed by atoms with van der Waals surface area (Å²) in [6.45, 7) is 0. The van der Waals surface area contributed by atoms with Gasteiger partial charge in [-0.3, -0.25) is 0 Å². The predicted octanol–water partition coefficient (Wildman–Crippen LogP) is 30.4. The molecule has 8 aromatic heterocycles. The molecule has 0 unspecified atom stereocenters. The molecule has 25 rings (SSSR count). The van der Waals surface area contributed by atoms with E-state index >= 15 is 0 Å². The van der Waals surface area contributed by atoms with Gasteiger partial charge in [0.05, 0.1) is 27.8 Å². The van der Waals surface area contributed by atoms with Crippen LogP contribution in [0.4, 0.5) is 0 Å². The lowest BCUT2D eigenvalue weighted by molar-refractivity contribution is 1.08. The van der Waals surface area contributed by atoms with Crippen molar-refractivity contribution in [3.8, 4) is 113 Å². The van der Waals surface area contributed by atoms with Crippen molar-refractivity contribution in [3.05, 3.63) is 388 Å². The van der Waals surface area contributed by atoms with Crippen LogP contribution in [0, 0.1) is 0 Å². The highest BCUT2D eigenvalue weighted by Gasteiger charge is 2.27. The van der Waals surface area contributed by atoms with Crippen LogP contribution in [0.1, 0.15) is 0 Å². The Balaban J connectivity index is 0.000000137. The van der Waals surface area contributed by atoms with Gasteiger partial charge >= 0.3 is 0 Å². The molecule has 0 spiro atoms. The Morgan fingerprint density at radius 2 is 0.508 bits per heavy atom. The van der Waals surface area contributed by atoms with Crippen molar-refractivity contribution in [2.75, 3.05) is 0 Å². The summed E-state index contributed by atoms with van der Waals surface area (Å²) in [5.74, 6) is 3.90. The van der Waals surface area contributed by atoms with Gasteiger partial charge in [-0.2, -0.15) is 0 Å². The number of para-hydroxylation sites is 3. The SMILES string of the molecule is c1ccc(-c2nc(-c3ccccc3)nc(-c3cc(-c4ccccc4-c4ccc5c6c7sc8ccccc8c7ccc6n(-c6ccccc6)c5c4)cc4c3sc3ccccc34)n2)cc1.c1ccc(-c2nc(-c3ccccc3)nc(-c3cc(-c4ccccc4-n4c5ccccc5c5c6sc7ccccc7c6ccc54)cc4c3sc3ccccc34)n2)cc1. The second-order valence-electron chi connectivity index (χ2n) is 30.3. The molecule has 0 saturated heterocycles. The van der Waals surface area contributed by atoms with E-state index in [4.69, 9.17) is 29.9 Å². The summed E-state index contributed by atoms with van der Waals surface area (Å²) in [7, 11) is 0. The van der Waals surface area contributed by atoms with E-state index < -0.39 is 0 Å². The normalized spacial score (nSPS) is 11.8. The zero-order chi connectivity index (χ0) is 78.9. The molecule has 0 N–H and O–H groups in total. The maximum absolute atomic E-state index is 5.25. The minimum atomic E-state index is 0.648. The number of benzene rings is 17. The van der Waals surface area contributed by atoms with Crippen LogP contribution >= 0.6 is 45.3 Å². The van der Waals surface area contributed by atoms with Crippen molar-refractivity contribution in [1.29, 1.82) is 0 Å². The molecule has 0 aliphatic rings. The van der Waals surface area contributed by atoms with Crippen LogP contribution < -0.4 is 0 Å². The Morgan fingerprint density at radius 3 is 0.975 bits per heavy atom. The van der Waals surface area contributed by atoms with Crippen molar-refractivity contribution in [1.82, 2.24) is 39.0 Å². The van der Waals surface area contributed by atoms with Crippen LogP contribution in [0.2, 0.25) is 0 Å². The van der Waals surface area contributed by atoms with E-state index in [2.05, 4.69) is 325 Å². The van der Waals surface area contributed by atoms with E-state index in [9.17, 15) is 0 Å². The number of fused-ring (bicyclic) bond motifs is 20. The van der Waals surface area contributed by atoms with Crippen molar-refractivity contribution in [3.63, 3.8) is 0 Å². The van der Waals surface area contributed by atoms with E-state index in [-0.39, 0.29) is 0 Å². The molecule has 8 heterocycles. The number of thiophene rings is 4. The van der Waals surface area contributed by atoms with Gasteiger partial charge in [-0.1, -0.05) is 297 Å². The lowest BCUT2D eigenvalue weighted by Crippen LogP contribution is -2.01.